The van der Waals surface area contributed by atoms with E-state index in [1.54, 1.807) is 18.0 Å². The van der Waals surface area contributed by atoms with Gasteiger partial charge in [0.1, 0.15) is 16.6 Å². The molecule has 3 aromatic rings. The normalized spacial score (nSPS) is 15.5. The van der Waals surface area contributed by atoms with Crippen LogP contribution in [0.3, 0.4) is 0 Å². The highest BCUT2D eigenvalue weighted by Gasteiger charge is 2.34. The Balaban J connectivity index is 1.62. The third-order valence-corrected chi connectivity index (χ3v) is 6.05. The summed E-state index contributed by atoms with van der Waals surface area (Å²) >= 11 is 1.34. The number of thiophene rings is 1. The Morgan fingerprint density at radius 2 is 2.03 bits per heavy atom. The monoisotopic (exact) mass is 410 g/mol. The summed E-state index contributed by atoms with van der Waals surface area (Å²) in [5.41, 5.74) is 1.21. The number of H-pyrrole nitrogens is 1. The van der Waals surface area contributed by atoms with Gasteiger partial charge in [-0.2, -0.15) is 0 Å². The molecule has 8 heteroatoms. The van der Waals surface area contributed by atoms with Crippen LogP contribution in [-0.4, -0.2) is 45.2 Å². The first-order valence-corrected chi connectivity index (χ1v) is 10.5. The summed E-state index contributed by atoms with van der Waals surface area (Å²) in [5.74, 6) is 0.228. The average Bonchev–Trinajstić information content (AvgIpc) is 3.19. The molecule has 4 rings (SSSR count). The van der Waals surface area contributed by atoms with Crippen LogP contribution in [-0.2, 0) is 16.1 Å². The standard InChI is InChI=1S/C21H22N4O3S/c1-24(13-16-22-15-10-12-29-19(15)20(27)23-16)21(28)18(14-7-3-2-4-8-14)25-11-6-5-9-17(25)26/h2-4,7-8,10,12,18H,5-6,9,11,13H2,1H3,(H,22,23,27). The Hall–Kier alpha value is -3.00. The van der Waals surface area contributed by atoms with Crippen molar-refractivity contribution in [2.75, 3.05) is 13.6 Å². The van der Waals surface area contributed by atoms with Crippen LogP contribution in [0.4, 0.5) is 0 Å². The molecule has 0 aliphatic carbocycles. The number of piperidine rings is 1. The van der Waals surface area contributed by atoms with E-state index in [9.17, 15) is 14.4 Å². The number of aromatic nitrogens is 2. The van der Waals surface area contributed by atoms with E-state index in [2.05, 4.69) is 9.97 Å². The molecule has 0 saturated carbocycles. The minimum absolute atomic E-state index is 0.00178. The van der Waals surface area contributed by atoms with E-state index >= 15 is 0 Å². The Labute approximate surface area is 172 Å². The second kappa shape index (κ2) is 8.16. The molecule has 0 bridgehead atoms. The van der Waals surface area contributed by atoms with Crippen LogP contribution < -0.4 is 5.56 Å². The number of likely N-dealkylation sites (N-methyl/N-ethyl adjacent to an activating group) is 1. The lowest BCUT2D eigenvalue weighted by Crippen LogP contribution is -2.46. The Morgan fingerprint density at radius 1 is 1.24 bits per heavy atom. The molecule has 0 spiro atoms. The fourth-order valence-corrected chi connectivity index (χ4v) is 4.42. The van der Waals surface area contributed by atoms with Gasteiger partial charge in [0.05, 0.1) is 12.1 Å². The van der Waals surface area contributed by atoms with Crippen molar-refractivity contribution in [1.82, 2.24) is 19.8 Å². The predicted octanol–water partition coefficient (Wildman–Crippen LogP) is 2.70. The summed E-state index contributed by atoms with van der Waals surface area (Å²) in [7, 11) is 1.67. The largest absolute Gasteiger partial charge is 0.336 e. The van der Waals surface area contributed by atoms with E-state index in [0.29, 0.717) is 29.0 Å². The molecule has 1 aliphatic heterocycles. The molecular formula is C21H22N4O3S. The molecule has 29 heavy (non-hydrogen) atoms. The van der Waals surface area contributed by atoms with Crippen LogP contribution >= 0.6 is 11.3 Å². The fraction of sp³-hybridized carbons (Fsp3) is 0.333. The number of carbonyl (C=O) groups excluding carboxylic acids is 2. The van der Waals surface area contributed by atoms with Gasteiger partial charge in [-0.3, -0.25) is 14.4 Å². The number of likely N-dealkylation sites (tertiary alicyclic amines) is 1. The van der Waals surface area contributed by atoms with E-state index < -0.39 is 6.04 Å². The molecule has 2 aromatic heterocycles. The number of nitrogens with zero attached hydrogens (tertiary/aromatic N) is 3. The Morgan fingerprint density at radius 3 is 2.79 bits per heavy atom. The molecule has 150 valence electrons. The van der Waals surface area contributed by atoms with Crippen LogP contribution in [0, 0.1) is 0 Å². The Bertz CT molecular complexity index is 1090. The van der Waals surface area contributed by atoms with Crippen molar-refractivity contribution >= 4 is 33.4 Å². The average molecular weight is 410 g/mol. The van der Waals surface area contributed by atoms with Gasteiger partial charge in [0.25, 0.3) is 5.56 Å². The highest BCUT2D eigenvalue weighted by Crippen LogP contribution is 2.27. The lowest BCUT2D eigenvalue weighted by molar-refractivity contribution is -0.147. The van der Waals surface area contributed by atoms with Crippen molar-refractivity contribution in [3.8, 4) is 0 Å². The van der Waals surface area contributed by atoms with Gasteiger partial charge in [0.2, 0.25) is 11.8 Å². The lowest BCUT2D eigenvalue weighted by Gasteiger charge is -2.36. The van der Waals surface area contributed by atoms with Gasteiger partial charge in [-0.05, 0) is 29.9 Å². The minimum Gasteiger partial charge on any atom is -0.336 e. The van der Waals surface area contributed by atoms with E-state index in [1.807, 2.05) is 35.7 Å². The van der Waals surface area contributed by atoms with Crippen molar-refractivity contribution in [3.05, 3.63) is 63.5 Å². The number of fused-ring (bicyclic) bond motifs is 1. The zero-order valence-electron chi connectivity index (χ0n) is 16.1. The first-order chi connectivity index (χ1) is 14.0. The van der Waals surface area contributed by atoms with Gasteiger partial charge < -0.3 is 14.8 Å². The van der Waals surface area contributed by atoms with Gasteiger partial charge >= 0.3 is 0 Å². The molecule has 3 heterocycles. The molecule has 1 atom stereocenters. The van der Waals surface area contributed by atoms with E-state index in [1.165, 1.54) is 16.2 Å². The number of benzene rings is 1. The van der Waals surface area contributed by atoms with Crippen molar-refractivity contribution in [1.29, 1.82) is 0 Å². The summed E-state index contributed by atoms with van der Waals surface area (Å²) in [6, 6.07) is 10.5. The summed E-state index contributed by atoms with van der Waals surface area (Å²) < 4.78 is 0.573. The van der Waals surface area contributed by atoms with Crippen LogP contribution in [0.25, 0.3) is 10.2 Å². The maximum absolute atomic E-state index is 13.4. The molecule has 7 nitrogen and oxygen atoms in total. The molecule has 1 N–H and O–H groups in total. The predicted molar refractivity (Wildman–Crippen MR) is 111 cm³/mol. The van der Waals surface area contributed by atoms with Crippen LogP contribution in [0.2, 0.25) is 0 Å². The number of hydrogen-bond acceptors (Lipinski definition) is 5. The quantitative estimate of drug-likeness (QED) is 0.701. The zero-order chi connectivity index (χ0) is 20.4. The van der Waals surface area contributed by atoms with Crippen molar-refractivity contribution < 1.29 is 9.59 Å². The maximum Gasteiger partial charge on any atom is 0.268 e. The molecule has 1 aromatic carbocycles. The number of amides is 2. The topological polar surface area (TPSA) is 86.4 Å². The minimum atomic E-state index is -0.675. The van der Waals surface area contributed by atoms with Crippen LogP contribution in [0.1, 0.15) is 36.7 Å². The van der Waals surface area contributed by atoms with E-state index in [4.69, 9.17) is 0 Å². The summed E-state index contributed by atoms with van der Waals surface area (Å²) in [5, 5.41) is 1.82. The first-order valence-electron chi connectivity index (χ1n) is 9.60. The summed E-state index contributed by atoms with van der Waals surface area (Å²) in [6.45, 7) is 0.721. The van der Waals surface area contributed by atoms with Crippen molar-refractivity contribution in [2.45, 2.75) is 31.8 Å². The second-order valence-electron chi connectivity index (χ2n) is 7.20. The van der Waals surface area contributed by atoms with E-state index in [0.717, 1.165) is 18.4 Å². The lowest BCUT2D eigenvalue weighted by atomic mass is 10.00. The van der Waals surface area contributed by atoms with Crippen molar-refractivity contribution in [2.24, 2.45) is 0 Å². The van der Waals surface area contributed by atoms with Gasteiger partial charge in [-0.15, -0.1) is 11.3 Å². The fourth-order valence-electron chi connectivity index (χ4n) is 3.70. The zero-order valence-corrected chi connectivity index (χ0v) is 16.9. The summed E-state index contributed by atoms with van der Waals surface area (Å²) in [4.78, 5) is 48.6. The van der Waals surface area contributed by atoms with E-state index in [-0.39, 0.29) is 23.9 Å². The molecule has 0 radical (unpaired) electrons. The smallest absolute Gasteiger partial charge is 0.268 e. The molecule has 1 saturated heterocycles. The molecule has 1 fully saturated rings. The first kappa shape index (κ1) is 19.3. The van der Waals surface area contributed by atoms with Crippen molar-refractivity contribution in [3.63, 3.8) is 0 Å². The van der Waals surface area contributed by atoms with Gasteiger partial charge in [-0.1, -0.05) is 30.3 Å². The van der Waals surface area contributed by atoms with Gasteiger partial charge in [0, 0.05) is 20.0 Å². The van der Waals surface area contributed by atoms with Crippen LogP contribution in [0.15, 0.2) is 46.6 Å². The van der Waals surface area contributed by atoms with Gasteiger partial charge in [-0.25, -0.2) is 4.98 Å². The maximum atomic E-state index is 13.4. The third kappa shape index (κ3) is 3.93. The third-order valence-electron chi connectivity index (χ3n) is 5.15. The Kier molecular flexibility index (Phi) is 5.44. The molecular weight excluding hydrogens is 388 g/mol. The molecule has 1 aliphatic rings. The highest BCUT2D eigenvalue weighted by atomic mass is 32.1. The molecule has 1 unspecified atom stereocenters. The second-order valence-corrected chi connectivity index (χ2v) is 8.12. The molecule has 2 amide bonds. The van der Waals surface area contributed by atoms with Gasteiger partial charge in [0.15, 0.2) is 0 Å². The van der Waals surface area contributed by atoms with Crippen LogP contribution in [0.5, 0.6) is 0 Å². The summed E-state index contributed by atoms with van der Waals surface area (Å²) in [6.07, 6.45) is 2.20. The number of nitrogens with one attached hydrogen (secondary N) is 1. The number of hydrogen-bond donors (Lipinski definition) is 1. The number of carbonyl (C=O) groups is 2. The SMILES string of the molecule is CN(Cc1nc2ccsc2c(=O)[nH]1)C(=O)C(c1ccccc1)N1CCCCC1=O. The number of aromatic amines is 1. The highest BCUT2D eigenvalue weighted by molar-refractivity contribution is 7.17. The number of rotatable bonds is 5.